The van der Waals surface area contributed by atoms with Gasteiger partial charge in [-0.2, -0.15) is 4.98 Å². The molecule has 2 heterocycles. The highest BCUT2D eigenvalue weighted by Gasteiger charge is 2.26. The third-order valence-electron chi connectivity index (χ3n) is 3.53. The van der Waals surface area contributed by atoms with E-state index in [1.165, 1.54) is 0 Å². The maximum Gasteiger partial charge on any atom is 0.298 e. The average Bonchev–Trinajstić information content (AvgIpc) is 2.75. The van der Waals surface area contributed by atoms with Crippen LogP contribution in [0.5, 0.6) is 0 Å². The molecule has 5 heteroatoms. The Morgan fingerprint density at radius 2 is 2.33 bits per heavy atom. The fourth-order valence-electron chi connectivity index (χ4n) is 2.37. The largest absolute Gasteiger partial charge is 0.423 e. The number of aliphatic hydroxyl groups is 1. The van der Waals surface area contributed by atoms with Crippen molar-refractivity contribution in [1.82, 2.24) is 4.98 Å². The summed E-state index contributed by atoms with van der Waals surface area (Å²) < 4.78 is 5.73. The number of anilines is 2. The minimum atomic E-state index is -0.221. The van der Waals surface area contributed by atoms with E-state index in [9.17, 15) is 5.11 Å². The molecule has 2 atom stereocenters. The van der Waals surface area contributed by atoms with Crippen LogP contribution in [-0.4, -0.2) is 29.3 Å². The van der Waals surface area contributed by atoms with Crippen LogP contribution in [0, 0.1) is 5.92 Å². The number of piperidine rings is 1. The Labute approximate surface area is 105 Å². The molecule has 3 N–H and O–H groups in total. The van der Waals surface area contributed by atoms with Gasteiger partial charge < -0.3 is 20.2 Å². The first-order valence-electron chi connectivity index (χ1n) is 6.22. The van der Waals surface area contributed by atoms with E-state index < -0.39 is 0 Å². The molecule has 1 fully saturated rings. The highest BCUT2D eigenvalue weighted by Crippen LogP contribution is 2.27. The molecule has 1 aliphatic rings. The van der Waals surface area contributed by atoms with E-state index in [2.05, 4.69) is 9.88 Å². The van der Waals surface area contributed by atoms with Crippen molar-refractivity contribution < 1.29 is 9.52 Å². The van der Waals surface area contributed by atoms with Gasteiger partial charge in [0, 0.05) is 24.8 Å². The van der Waals surface area contributed by atoms with Crippen molar-refractivity contribution in [2.45, 2.75) is 19.4 Å². The third kappa shape index (κ3) is 1.90. The molecule has 1 aliphatic heterocycles. The second-order valence-electron chi connectivity index (χ2n) is 5.00. The molecule has 1 aromatic carbocycles. The molecule has 0 aliphatic carbocycles. The number of oxazole rings is 1. The molecule has 96 valence electrons. The van der Waals surface area contributed by atoms with Crippen LogP contribution in [0.2, 0.25) is 0 Å². The van der Waals surface area contributed by atoms with Gasteiger partial charge in [0.2, 0.25) is 0 Å². The summed E-state index contributed by atoms with van der Waals surface area (Å²) in [5, 5.41) is 9.72. The Balaban J connectivity index is 1.90. The fraction of sp³-hybridized carbons (Fsp3) is 0.462. The Morgan fingerprint density at radius 1 is 1.50 bits per heavy atom. The monoisotopic (exact) mass is 247 g/mol. The summed E-state index contributed by atoms with van der Waals surface area (Å²) in [7, 11) is 0. The van der Waals surface area contributed by atoms with Crippen molar-refractivity contribution in [3.63, 3.8) is 0 Å². The third-order valence-corrected chi connectivity index (χ3v) is 3.53. The number of nitrogens with two attached hydrogens (primary N) is 1. The molecule has 3 rings (SSSR count). The summed E-state index contributed by atoms with van der Waals surface area (Å²) in [5.41, 5.74) is 7.92. The highest BCUT2D eigenvalue weighted by molar-refractivity contribution is 5.78. The zero-order chi connectivity index (χ0) is 12.7. The molecule has 5 nitrogen and oxygen atoms in total. The second kappa shape index (κ2) is 4.17. The SMILES string of the molecule is CC1CN(c2nc3ccc(N)cc3o2)CCC1O. The quantitative estimate of drug-likeness (QED) is 0.749. The summed E-state index contributed by atoms with van der Waals surface area (Å²) in [6, 6.07) is 6.08. The van der Waals surface area contributed by atoms with Crippen molar-refractivity contribution in [2.75, 3.05) is 23.7 Å². The molecule has 2 unspecified atom stereocenters. The molecule has 2 aromatic rings. The molecule has 0 spiro atoms. The van der Waals surface area contributed by atoms with Gasteiger partial charge in [0.1, 0.15) is 5.52 Å². The Morgan fingerprint density at radius 3 is 3.11 bits per heavy atom. The number of fused-ring (bicyclic) bond motifs is 1. The summed E-state index contributed by atoms with van der Waals surface area (Å²) in [4.78, 5) is 6.54. The van der Waals surface area contributed by atoms with Gasteiger partial charge in [-0.05, 0) is 24.5 Å². The van der Waals surface area contributed by atoms with Crippen LogP contribution >= 0.6 is 0 Å². The highest BCUT2D eigenvalue weighted by atomic mass is 16.4. The lowest BCUT2D eigenvalue weighted by Crippen LogP contribution is -2.42. The van der Waals surface area contributed by atoms with Gasteiger partial charge in [-0.25, -0.2) is 0 Å². The summed E-state index contributed by atoms with van der Waals surface area (Å²) in [6.07, 6.45) is 0.531. The molecule has 18 heavy (non-hydrogen) atoms. The average molecular weight is 247 g/mol. The van der Waals surface area contributed by atoms with Crippen molar-refractivity contribution >= 4 is 22.8 Å². The molecule has 1 aromatic heterocycles. The van der Waals surface area contributed by atoms with Crippen molar-refractivity contribution in [3.8, 4) is 0 Å². The number of benzene rings is 1. The van der Waals surface area contributed by atoms with E-state index in [1.54, 1.807) is 6.07 Å². The minimum Gasteiger partial charge on any atom is -0.423 e. The van der Waals surface area contributed by atoms with E-state index in [1.807, 2.05) is 19.1 Å². The Kier molecular flexibility index (Phi) is 2.63. The van der Waals surface area contributed by atoms with Crippen LogP contribution in [0.1, 0.15) is 13.3 Å². The molecule has 0 amide bonds. The predicted molar refractivity (Wildman–Crippen MR) is 70.4 cm³/mol. The van der Waals surface area contributed by atoms with Crippen molar-refractivity contribution in [2.24, 2.45) is 5.92 Å². The lowest BCUT2D eigenvalue weighted by Gasteiger charge is -2.33. The first kappa shape index (κ1) is 11.3. The Bertz CT molecular complexity index is 566. The molecule has 1 saturated heterocycles. The first-order valence-corrected chi connectivity index (χ1v) is 6.22. The van der Waals surface area contributed by atoms with Crippen LogP contribution in [0.3, 0.4) is 0 Å². The minimum absolute atomic E-state index is 0.221. The summed E-state index contributed by atoms with van der Waals surface area (Å²) in [6.45, 7) is 3.58. The summed E-state index contributed by atoms with van der Waals surface area (Å²) >= 11 is 0. The Hall–Kier alpha value is -1.75. The maximum absolute atomic E-state index is 9.72. The van der Waals surface area contributed by atoms with E-state index >= 15 is 0 Å². The molecule has 0 bridgehead atoms. The van der Waals surface area contributed by atoms with Gasteiger partial charge in [0.25, 0.3) is 6.01 Å². The van der Waals surface area contributed by atoms with E-state index in [-0.39, 0.29) is 12.0 Å². The molecular formula is C13H17N3O2. The van der Waals surface area contributed by atoms with E-state index in [4.69, 9.17) is 10.2 Å². The molecule has 0 radical (unpaired) electrons. The number of aromatic nitrogens is 1. The number of nitrogen functional groups attached to an aromatic ring is 1. The zero-order valence-electron chi connectivity index (χ0n) is 10.3. The number of hydrogen-bond donors (Lipinski definition) is 2. The fourth-order valence-corrected chi connectivity index (χ4v) is 2.37. The van der Waals surface area contributed by atoms with Crippen LogP contribution in [-0.2, 0) is 0 Å². The van der Waals surface area contributed by atoms with Crippen LogP contribution in [0.15, 0.2) is 22.6 Å². The van der Waals surface area contributed by atoms with Crippen molar-refractivity contribution in [1.29, 1.82) is 0 Å². The van der Waals surface area contributed by atoms with Crippen LogP contribution in [0.4, 0.5) is 11.7 Å². The first-order chi connectivity index (χ1) is 8.63. The summed E-state index contributed by atoms with van der Waals surface area (Å²) in [5.74, 6) is 0.235. The van der Waals surface area contributed by atoms with Crippen LogP contribution < -0.4 is 10.6 Å². The predicted octanol–water partition coefficient (Wildman–Crippen LogP) is 1.62. The lowest BCUT2D eigenvalue weighted by molar-refractivity contribution is 0.0957. The molecular weight excluding hydrogens is 230 g/mol. The number of nitrogens with zero attached hydrogens (tertiary/aromatic N) is 2. The van der Waals surface area contributed by atoms with Gasteiger partial charge in [-0.3, -0.25) is 0 Å². The normalized spacial score (nSPS) is 24.7. The smallest absolute Gasteiger partial charge is 0.298 e. The topological polar surface area (TPSA) is 75.5 Å². The van der Waals surface area contributed by atoms with Crippen molar-refractivity contribution in [3.05, 3.63) is 18.2 Å². The lowest BCUT2D eigenvalue weighted by atomic mass is 9.97. The van der Waals surface area contributed by atoms with E-state index in [0.29, 0.717) is 17.3 Å². The number of aliphatic hydroxyl groups excluding tert-OH is 1. The van der Waals surface area contributed by atoms with Gasteiger partial charge in [-0.15, -0.1) is 0 Å². The molecule has 0 saturated carbocycles. The van der Waals surface area contributed by atoms with Crippen LogP contribution in [0.25, 0.3) is 11.1 Å². The van der Waals surface area contributed by atoms with Gasteiger partial charge >= 0.3 is 0 Å². The van der Waals surface area contributed by atoms with Gasteiger partial charge in [0.15, 0.2) is 5.58 Å². The second-order valence-corrected chi connectivity index (χ2v) is 5.00. The van der Waals surface area contributed by atoms with Gasteiger partial charge in [-0.1, -0.05) is 6.92 Å². The number of hydrogen-bond acceptors (Lipinski definition) is 5. The standard InChI is InChI=1S/C13H17N3O2/c1-8-7-16(5-4-11(8)17)13-15-10-3-2-9(14)6-12(10)18-13/h2-3,6,8,11,17H,4-5,7,14H2,1H3. The van der Waals surface area contributed by atoms with Gasteiger partial charge in [0.05, 0.1) is 6.10 Å². The number of rotatable bonds is 1. The maximum atomic E-state index is 9.72. The zero-order valence-corrected chi connectivity index (χ0v) is 10.3. The van der Waals surface area contributed by atoms with E-state index in [0.717, 1.165) is 25.0 Å².